The molecular weight excluding hydrogens is 281 g/mol. The van der Waals surface area contributed by atoms with Crippen molar-refractivity contribution in [3.63, 3.8) is 0 Å². The van der Waals surface area contributed by atoms with Crippen LogP contribution in [0, 0.1) is 5.82 Å². The molecule has 0 aliphatic carbocycles. The van der Waals surface area contributed by atoms with Gasteiger partial charge in [0.1, 0.15) is 5.82 Å². The molecule has 0 spiro atoms. The van der Waals surface area contributed by atoms with Gasteiger partial charge in [0.15, 0.2) is 0 Å². The van der Waals surface area contributed by atoms with Crippen molar-refractivity contribution in [1.29, 1.82) is 0 Å². The van der Waals surface area contributed by atoms with Crippen LogP contribution in [0.2, 0.25) is 5.02 Å². The largest absolute Gasteiger partial charge is 0.377 e. The fraction of sp³-hybridized carbons (Fsp3) is 0.200. The Morgan fingerprint density at radius 2 is 1.84 bits per heavy atom. The predicted octanol–water partition coefficient (Wildman–Crippen LogP) is 5.37. The molecule has 0 amide bonds. The summed E-state index contributed by atoms with van der Waals surface area (Å²) in [5, 5.41) is 3.75. The minimum absolute atomic E-state index is 0.0650. The van der Waals surface area contributed by atoms with Crippen molar-refractivity contribution in [2.24, 2.45) is 0 Å². The van der Waals surface area contributed by atoms with E-state index in [2.05, 4.69) is 29.6 Å². The van der Waals surface area contributed by atoms with E-state index in [4.69, 9.17) is 11.6 Å². The summed E-state index contributed by atoms with van der Waals surface area (Å²) in [4.78, 5) is 1.22. The third kappa shape index (κ3) is 3.64. The van der Waals surface area contributed by atoms with Crippen LogP contribution in [0.15, 0.2) is 47.4 Å². The van der Waals surface area contributed by atoms with Gasteiger partial charge in [0.2, 0.25) is 0 Å². The SMILES string of the molecule is CSc1ccc(C(C)Nc2cc(F)ccc2Cl)cc1. The lowest BCUT2D eigenvalue weighted by molar-refractivity contribution is 0.628. The first-order chi connectivity index (χ1) is 9.10. The summed E-state index contributed by atoms with van der Waals surface area (Å²) >= 11 is 7.75. The Balaban J connectivity index is 2.15. The quantitative estimate of drug-likeness (QED) is 0.761. The molecule has 100 valence electrons. The first-order valence-electron chi connectivity index (χ1n) is 5.95. The molecule has 0 fully saturated rings. The Kier molecular flexibility index (Phi) is 4.72. The van der Waals surface area contributed by atoms with Crippen LogP contribution in [0.25, 0.3) is 0 Å². The minimum Gasteiger partial charge on any atom is -0.377 e. The van der Waals surface area contributed by atoms with Crippen molar-refractivity contribution in [2.45, 2.75) is 17.9 Å². The number of rotatable bonds is 4. The van der Waals surface area contributed by atoms with Gasteiger partial charge in [-0.25, -0.2) is 4.39 Å². The van der Waals surface area contributed by atoms with E-state index in [1.807, 2.05) is 13.2 Å². The maximum atomic E-state index is 13.2. The molecule has 1 nitrogen and oxygen atoms in total. The van der Waals surface area contributed by atoms with Gasteiger partial charge in [0, 0.05) is 10.9 Å². The fourth-order valence-electron chi connectivity index (χ4n) is 1.82. The Hall–Kier alpha value is -1.19. The van der Waals surface area contributed by atoms with Crippen LogP contribution in [0.5, 0.6) is 0 Å². The summed E-state index contributed by atoms with van der Waals surface area (Å²) in [6.45, 7) is 2.02. The van der Waals surface area contributed by atoms with Crippen molar-refractivity contribution in [2.75, 3.05) is 11.6 Å². The summed E-state index contributed by atoms with van der Waals surface area (Å²) in [5.41, 5.74) is 1.75. The molecule has 0 aliphatic heterocycles. The highest BCUT2D eigenvalue weighted by atomic mass is 35.5. The van der Waals surface area contributed by atoms with E-state index >= 15 is 0 Å². The maximum Gasteiger partial charge on any atom is 0.125 e. The molecule has 2 rings (SSSR count). The smallest absolute Gasteiger partial charge is 0.125 e. The Bertz CT molecular complexity index is 557. The Labute approximate surface area is 122 Å². The summed E-state index contributed by atoms with van der Waals surface area (Å²) < 4.78 is 13.2. The molecule has 4 heteroatoms. The van der Waals surface area contributed by atoms with Crippen molar-refractivity contribution >= 4 is 29.1 Å². The third-order valence-corrected chi connectivity index (χ3v) is 3.99. The zero-order valence-electron chi connectivity index (χ0n) is 10.8. The molecule has 19 heavy (non-hydrogen) atoms. The van der Waals surface area contributed by atoms with Crippen molar-refractivity contribution in [1.82, 2.24) is 0 Å². The predicted molar refractivity (Wildman–Crippen MR) is 81.7 cm³/mol. The van der Waals surface area contributed by atoms with Crippen molar-refractivity contribution < 1.29 is 4.39 Å². The molecule has 2 aromatic carbocycles. The van der Waals surface area contributed by atoms with Crippen LogP contribution in [0.4, 0.5) is 10.1 Å². The zero-order valence-corrected chi connectivity index (χ0v) is 12.4. The number of thioether (sulfide) groups is 1. The molecule has 1 atom stereocenters. The van der Waals surface area contributed by atoms with Crippen LogP contribution < -0.4 is 5.32 Å². The molecule has 1 N–H and O–H groups in total. The molecule has 0 radical (unpaired) electrons. The number of nitrogens with one attached hydrogen (secondary N) is 1. The maximum absolute atomic E-state index is 13.2. The number of anilines is 1. The fourth-order valence-corrected chi connectivity index (χ4v) is 2.40. The number of halogens is 2. The Morgan fingerprint density at radius 1 is 1.16 bits per heavy atom. The number of benzene rings is 2. The van der Waals surface area contributed by atoms with Gasteiger partial charge in [-0.2, -0.15) is 0 Å². The van der Waals surface area contributed by atoms with Gasteiger partial charge in [0.25, 0.3) is 0 Å². The topological polar surface area (TPSA) is 12.0 Å². The molecule has 0 heterocycles. The van der Waals surface area contributed by atoms with Gasteiger partial charge < -0.3 is 5.32 Å². The summed E-state index contributed by atoms with van der Waals surface area (Å²) in [6.07, 6.45) is 2.04. The highest BCUT2D eigenvalue weighted by Crippen LogP contribution is 2.27. The van der Waals surface area contributed by atoms with E-state index < -0.39 is 0 Å². The number of hydrogen-bond acceptors (Lipinski definition) is 2. The molecule has 0 saturated carbocycles. The average molecular weight is 296 g/mol. The van der Waals surface area contributed by atoms with Gasteiger partial charge in [-0.15, -0.1) is 11.8 Å². The second kappa shape index (κ2) is 6.31. The second-order valence-corrected chi connectivity index (χ2v) is 5.55. The minimum atomic E-state index is -0.295. The summed E-state index contributed by atoms with van der Waals surface area (Å²) in [5.74, 6) is -0.295. The van der Waals surface area contributed by atoms with Crippen LogP contribution in [0.3, 0.4) is 0 Å². The van der Waals surface area contributed by atoms with Crippen molar-refractivity contribution in [3.8, 4) is 0 Å². The normalized spacial score (nSPS) is 12.2. The molecule has 0 aliphatic rings. The van der Waals surface area contributed by atoms with E-state index in [-0.39, 0.29) is 11.9 Å². The lowest BCUT2D eigenvalue weighted by Crippen LogP contribution is -2.07. The van der Waals surface area contributed by atoms with Crippen LogP contribution in [-0.4, -0.2) is 6.26 Å². The summed E-state index contributed by atoms with van der Waals surface area (Å²) in [6, 6.07) is 12.7. The molecule has 0 saturated heterocycles. The Morgan fingerprint density at radius 3 is 2.47 bits per heavy atom. The van der Waals surface area contributed by atoms with E-state index in [9.17, 15) is 4.39 Å². The van der Waals surface area contributed by atoms with Crippen LogP contribution in [0.1, 0.15) is 18.5 Å². The molecule has 1 unspecified atom stereocenters. The highest BCUT2D eigenvalue weighted by Gasteiger charge is 2.08. The lowest BCUT2D eigenvalue weighted by Gasteiger charge is -2.17. The lowest BCUT2D eigenvalue weighted by atomic mass is 10.1. The van der Waals surface area contributed by atoms with Gasteiger partial charge in [-0.3, -0.25) is 0 Å². The van der Waals surface area contributed by atoms with Crippen molar-refractivity contribution in [3.05, 3.63) is 58.9 Å². The first-order valence-corrected chi connectivity index (χ1v) is 7.56. The van der Waals surface area contributed by atoms with Gasteiger partial charge >= 0.3 is 0 Å². The summed E-state index contributed by atoms with van der Waals surface area (Å²) in [7, 11) is 0. The van der Waals surface area contributed by atoms with E-state index in [1.54, 1.807) is 17.8 Å². The van der Waals surface area contributed by atoms with E-state index in [0.717, 1.165) is 5.56 Å². The number of hydrogen-bond donors (Lipinski definition) is 1. The highest BCUT2D eigenvalue weighted by molar-refractivity contribution is 7.98. The van der Waals surface area contributed by atoms with E-state index in [0.29, 0.717) is 10.7 Å². The average Bonchev–Trinajstić information content (AvgIpc) is 2.43. The monoisotopic (exact) mass is 295 g/mol. The molecule has 0 aromatic heterocycles. The zero-order chi connectivity index (χ0) is 13.8. The van der Waals surface area contributed by atoms with Crippen LogP contribution in [-0.2, 0) is 0 Å². The third-order valence-electron chi connectivity index (χ3n) is 2.92. The van der Waals surface area contributed by atoms with Gasteiger partial charge in [-0.1, -0.05) is 23.7 Å². The van der Waals surface area contributed by atoms with Crippen LogP contribution >= 0.6 is 23.4 Å². The molecule has 2 aromatic rings. The second-order valence-electron chi connectivity index (χ2n) is 4.26. The van der Waals surface area contributed by atoms with Gasteiger partial charge in [0.05, 0.1) is 10.7 Å². The van der Waals surface area contributed by atoms with Gasteiger partial charge in [-0.05, 0) is 49.1 Å². The molecule has 0 bridgehead atoms. The van der Waals surface area contributed by atoms with E-state index in [1.165, 1.54) is 17.0 Å². The standard InChI is InChI=1S/C15H15ClFNS/c1-10(11-3-6-13(19-2)7-4-11)18-15-9-12(17)5-8-14(15)16/h3-10,18H,1-2H3. The molecular formula is C15H15ClFNS. The first kappa shape index (κ1) is 14.2.